The summed E-state index contributed by atoms with van der Waals surface area (Å²) in [5.41, 5.74) is 5.30. The molecule has 122 valence electrons. The molecule has 0 saturated carbocycles. The van der Waals surface area contributed by atoms with Gasteiger partial charge in [-0.3, -0.25) is 4.79 Å². The molecule has 1 aromatic heterocycles. The van der Waals surface area contributed by atoms with Crippen molar-refractivity contribution in [3.63, 3.8) is 0 Å². The van der Waals surface area contributed by atoms with Gasteiger partial charge in [0, 0.05) is 32.9 Å². The van der Waals surface area contributed by atoms with Crippen LogP contribution in [0.1, 0.15) is 22.8 Å². The molecule has 4 nitrogen and oxygen atoms in total. The molecule has 0 aliphatic heterocycles. The van der Waals surface area contributed by atoms with E-state index in [1.807, 2.05) is 50.2 Å². The summed E-state index contributed by atoms with van der Waals surface area (Å²) in [6.45, 7) is 5.39. The van der Waals surface area contributed by atoms with E-state index in [0.29, 0.717) is 15.7 Å². The second-order valence-corrected chi connectivity index (χ2v) is 6.56. The zero-order valence-corrected chi connectivity index (χ0v) is 15.0. The number of H-pyrrole nitrogens is 1. The molecule has 0 atom stereocenters. The van der Waals surface area contributed by atoms with Crippen LogP contribution in [0.3, 0.4) is 0 Å². The van der Waals surface area contributed by atoms with E-state index in [1.165, 1.54) is 11.7 Å². The van der Waals surface area contributed by atoms with Gasteiger partial charge < -0.3 is 0 Å². The summed E-state index contributed by atoms with van der Waals surface area (Å²) < 4.78 is 0. The first kappa shape index (κ1) is 16.7. The van der Waals surface area contributed by atoms with Crippen LogP contribution in [-0.4, -0.2) is 15.8 Å². The summed E-state index contributed by atoms with van der Waals surface area (Å²) in [4.78, 5) is 13.0. The topological polar surface area (TPSA) is 49.0 Å². The van der Waals surface area contributed by atoms with Crippen LogP contribution >= 0.6 is 23.2 Å². The number of carbonyl (C=O) groups is 1. The molecule has 6 heteroatoms. The Balaban J connectivity index is 2.27. The molecule has 0 unspecified atom stereocenters. The van der Waals surface area contributed by atoms with Crippen LogP contribution in [0, 0.1) is 13.8 Å². The van der Waals surface area contributed by atoms with E-state index in [2.05, 4.69) is 10.2 Å². The summed E-state index contributed by atoms with van der Waals surface area (Å²) >= 11 is 12.1. The smallest absolute Gasteiger partial charge is 0.267 e. The number of benzene rings is 2. The molecule has 3 rings (SSSR count). The molecule has 0 aliphatic carbocycles. The van der Waals surface area contributed by atoms with E-state index in [4.69, 9.17) is 23.2 Å². The Morgan fingerprint density at radius 3 is 2.04 bits per heavy atom. The second kappa shape index (κ2) is 6.38. The number of aromatic nitrogens is 3. The van der Waals surface area contributed by atoms with Crippen LogP contribution in [0.4, 0.5) is 0 Å². The molecule has 0 spiro atoms. The Bertz CT molecular complexity index is 878. The first-order chi connectivity index (χ1) is 11.4. The molecule has 0 bridgehead atoms. The standard InChI is InChI=1S/C18H15Cl2N3O/c1-10-8-13(19)4-6-15(10)17-18(22-23(21-17)12(3)24)16-7-5-14(20)9-11(16)2/h4-9H,1-3H3/p+1. The molecule has 0 saturated heterocycles. The van der Waals surface area contributed by atoms with E-state index in [0.717, 1.165) is 27.9 Å². The molecule has 3 aromatic rings. The van der Waals surface area contributed by atoms with Crippen molar-refractivity contribution in [1.29, 1.82) is 0 Å². The van der Waals surface area contributed by atoms with Gasteiger partial charge in [0.05, 0.1) is 5.10 Å². The molecular weight excluding hydrogens is 345 g/mol. The summed E-state index contributed by atoms with van der Waals surface area (Å²) in [5.74, 6) is -0.194. The van der Waals surface area contributed by atoms with Crippen molar-refractivity contribution in [1.82, 2.24) is 9.90 Å². The maximum atomic E-state index is 11.8. The molecule has 0 radical (unpaired) electrons. The lowest BCUT2D eigenvalue weighted by atomic mass is 9.99. The molecule has 0 amide bonds. The Kier molecular flexibility index (Phi) is 4.43. The summed E-state index contributed by atoms with van der Waals surface area (Å²) in [6.07, 6.45) is 0. The third kappa shape index (κ3) is 3.07. The SMILES string of the molecule is CC(=O)n1nc(-c2ccc(Cl)cc2C)c(-c2ccc(Cl)cc2C)[nH+]1. The van der Waals surface area contributed by atoms with Crippen LogP contribution in [0.15, 0.2) is 36.4 Å². The number of aromatic amines is 1. The highest BCUT2D eigenvalue weighted by atomic mass is 35.5. The van der Waals surface area contributed by atoms with Gasteiger partial charge in [0.25, 0.3) is 5.69 Å². The number of rotatable bonds is 2. The monoisotopic (exact) mass is 360 g/mol. The number of halogens is 2. The lowest BCUT2D eigenvalue weighted by Crippen LogP contribution is -2.25. The predicted molar refractivity (Wildman–Crippen MR) is 95.4 cm³/mol. The lowest BCUT2D eigenvalue weighted by Gasteiger charge is -2.04. The predicted octanol–water partition coefficient (Wildman–Crippen LogP) is 4.61. The van der Waals surface area contributed by atoms with Crippen LogP contribution in [0.5, 0.6) is 0 Å². The van der Waals surface area contributed by atoms with E-state index in [9.17, 15) is 4.79 Å². The summed E-state index contributed by atoms with van der Waals surface area (Å²) in [7, 11) is 0. The van der Waals surface area contributed by atoms with Crippen LogP contribution in [0.2, 0.25) is 10.0 Å². The Hall–Kier alpha value is -2.17. The van der Waals surface area contributed by atoms with Crippen molar-refractivity contribution >= 4 is 29.1 Å². The van der Waals surface area contributed by atoms with E-state index in [1.54, 1.807) is 0 Å². The Labute approximate surface area is 150 Å². The zero-order chi connectivity index (χ0) is 17.4. The highest BCUT2D eigenvalue weighted by Gasteiger charge is 2.26. The number of nitrogens with zero attached hydrogens (tertiary/aromatic N) is 2. The average molecular weight is 361 g/mol. The third-order valence-corrected chi connectivity index (χ3v) is 4.32. The van der Waals surface area contributed by atoms with Gasteiger partial charge >= 0.3 is 5.91 Å². The van der Waals surface area contributed by atoms with Crippen molar-refractivity contribution < 1.29 is 9.89 Å². The van der Waals surface area contributed by atoms with Crippen molar-refractivity contribution in [2.45, 2.75) is 20.8 Å². The maximum Gasteiger partial charge on any atom is 0.303 e. The van der Waals surface area contributed by atoms with Crippen LogP contribution < -0.4 is 5.10 Å². The lowest BCUT2D eigenvalue weighted by molar-refractivity contribution is -0.467. The molecule has 1 N–H and O–H groups in total. The van der Waals surface area contributed by atoms with E-state index in [-0.39, 0.29) is 5.91 Å². The van der Waals surface area contributed by atoms with Crippen LogP contribution in [0.25, 0.3) is 22.5 Å². The third-order valence-electron chi connectivity index (χ3n) is 3.85. The number of carbonyl (C=O) groups excluding carboxylic acids is 1. The van der Waals surface area contributed by atoms with Gasteiger partial charge in [-0.05, 0) is 61.4 Å². The number of aryl methyl sites for hydroxylation is 2. The minimum Gasteiger partial charge on any atom is -0.267 e. The molecule has 2 aromatic carbocycles. The minimum absolute atomic E-state index is 0.194. The number of nitrogens with one attached hydrogen (secondary N) is 1. The molecular formula is C18H16Cl2N3O+. The first-order valence-corrected chi connectivity index (χ1v) is 8.18. The van der Waals surface area contributed by atoms with Gasteiger partial charge in [-0.2, -0.15) is 5.10 Å². The fourth-order valence-electron chi connectivity index (χ4n) is 2.66. The second-order valence-electron chi connectivity index (χ2n) is 5.68. The maximum absolute atomic E-state index is 11.8. The minimum atomic E-state index is -0.194. The normalized spacial score (nSPS) is 10.9. The van der Waals surface area contributed by atoms with E-state index < -0.39 is 0 Å². The van der Waals surface area contributed by atoms with Gasteiger partial charge in [0.1, 0.15) is 0 Å². The fraction of sp³-hybridized carbons (Fsp3) is 0.167. The van der Waals surface area contributed by atoms with Crippen molar-refractivity contribution in [2.24, 2.45) is 0 Å². The first-order valence-electron chi connectivity index (χ1n) is 7.43. The summed E-state index contributed by atoms with van der Waals surface area (Å²) in [6, 6.07) is 11.2. The van der Waals surface area contributed by atoms with Gasteiger partial charge in [0.2, 0.25) is 5.69 Å². The van der Waals surface area contributed by atoms with Gasteiger partial charge in [-0.25, -0.2) is 0 Å². The number of hydrogen-bond acceptors (Lipinski definition) is 2. The zero-order valence-electron chi connectivity index (χ0n) is 13.5. The van der Waals surface area contributed by atoms with Crippen molar-refractivity contribution in [3.05, 3.63) is 57.6 Å². The number of hydrogen-bond donors (Lipinski definition) is 0. The van der Waals surface area contributed by atoms with Gasteiger partial charge in [-0.15, -0.1) is 0 Å². The summed E-state index contributed by atoms with van der Waals surface area (Å²) in [5, 5.41) is 8.85. The molecule has 0 fully saturated rings. The van der Waals surface area contributed by atoms with Gasteiger partial charge in [0.15, 0.2) is 0 Å². The highest BCUT2D eigenvalue weighted by molar-refractivity contribution is 6.31. The van der Waals surface area contributed by atoms with Gasteiger partial charge in [-0.1, -0.05) is 23.2 Å². The molecule has 1 heterocycles. The fourth-order valence-corrected chi connectivity index (χ4v) is 3.11. The average Bonchev–Trinajstić information content (AvgIpc) is 2.92. The largest absolute Gasteiger partial charge is 0.303 e. The van der Waals surface area contributed by atoms with Crippen molar-refractivity contribution in [2.75, 3.05) is 0 Å². The highest BCUT2D eigenvalue weighted by Crippen LogP contribution is 2.32. The molecule has 24 heavy (non-hydrogen) atoms. The quantitative estimate of drug-likeness (QED) is 0.669. The Morgan fingerprint density at radius 1 is 1.00 bits per heavy atom. The Morgan fingerprint density at radius 2 is 1.54 bits per heavy atom. The van der Waals surface area contributed by atoms with Crippen LogP contribution in [-0.2, 0) is 0 Å². The van der Waals surface area contributed by atoms with E-state index >= 15 is 0 Å². The van der Waals surface area contributed by atoms with Crippen molar-refractivity contribution in [3.8, 4) is 22.5 Å². The molecule has 0 aliphatic rings.